The molecule has 1 aromatic rings. The fourth-order valence-electron chi connectivity index (χ4n) is 2.16. The van der Waals surface area contributed by atoms with Gasteiger partial charge in [-0.1, -0.05) is 0 Å². The Labute approximate surface area is 109 Å². The second kappa shape index (κ2) is 4.72. The predicted molar refractivity (Wildman–Crippen MR) is 64.8 cm³/mol. The fraction of sp³-hybridized carbons (Fsp3) is 0.538. The maximum atomic E-state index is 12.7. The molecule has 6 heteroatoms. The molecule has 102 valence electrons. The van der Waals surface area contributed by atoms with Crippen molar-refractivity contribution in [1.82, 2.24) is 4.98 Å². The van der Waals surface area contributed by atoms with Crippen LogP contribution in [-0.4, -0.2) is 23.7 Å². The maximum absolute atomic E-state index is 12.7. The number of pyridine rings is 1. The minimum absolute atomic E-state index is 0.116. The van der Waals surface area contributed by atoms with Gasteiger partial charge >= 0.3 is 6.18 Å². The number of halogens is 3. The number of aromatic nitrogens is 1. The maximum Gasteiger partial charge on any atom is 0.405 e. The number of alkyl halides is 3. The SMILES string of the molecule is Cc1cc(N(CC(F)(F)F)C2CC2)c(C#N)c(C)n1. The third-order valence-electron chi connectivity index (χ3n) is 3.07. The Morgan fingerprint density at radius 3 is 2.53 bits per heavy atom. The topological polar surface area (TPSA) is 39.9 Å². The van der Waals surface area contributed by atoms with E-state index in [1.165, 1.54) is 4.90 Å². The average Bonchev–Trinajstić information content (AvgIpc) is 3.07. The van der Waals surface area contributed by atoms with Crippen molar-refractivity contribution in [2.24, 2.45) is 0 Å². The summed E-state index contributed by atoms with van der Waals surface area (Å²) in [4.78, 5) is 5.43. The summed E-state index contributed by atoms with van der Waals surface area (Å²) in [6.07, 6.45) is -2.80. The summed E-state index contributed by atoms with van der Waals surface area (Å²) in [6.45, 7) is 2.35. The lowest BCUT2D eigenvalue weighted by Gasteiger charge is -2.27. The number of hydrogen-bond acceptors (Lipinski definition) is 3. The Bertz CT molecular complexity index is 527. The molecule has 0 radical (unpaired) electrons. The second-order valence-corrected chi connectivity index (χ2v) is 4.83. The lowest BCUT2D eigenvalue weighted by atomic mass is 10.1. The first kappa shape index (κ1) is 13.7. The van der Waals surface area contributed by atoms with Crippen LogP contribution in [0.2, 0.25) is 0 Å². The van der Waals surface area contributed by atoms with Crippen molar-refractivity contribution in [3.8, 4) is 6.07 Å². The monoisotopic (exact) mass is 269 g/mol. The normalized spacial score (nSPS) is 15.2. The highest BCUT2D eigenvalue weighted by Gasteiger charge is 2.39. The smallest absolute Gasteiger partial charge is 0.358 e. The Morgan fingerprint density at radius 1 is 1.42 bits per heavy atom. The van der Waals surface area contributed by atoms with E-state index in [-0.39, 0.29) is 11.6 Å². The Kier molecular flexibility index (Phi) is 3.40. The minimum atomic E-state index is -4.28. The zero-order chi connectivity index (χ0) is 14.2. The molecule has 0 bridgehead atoms. The highest BCUT2D eigenvalue weighted by molar-refractivity contribution is 5.63. The Morgan fingerprint density at radius 2 is 2.05 bits per heavy atom. The zero-order valence-electron chi connectivity index (χ0n) is 10.8. The van der Waals surface area contributed by atoms with Crippen LogP contribution in [0.5, 0.6) is 0 Å². The molecule has 0 aliphatic heterocycles. The first-order chi connectivity index (χ1) is 8.81. The van der Waals surface area contributed by atoms with Gasteiger partial charge in [-0.3, -0.25) is 4.98 Å². The molecule has 0 aromatic carbocycles. The number of rotatable bonds is 3. The van der Waals surface area contributed by atoms with Crippen LogP contribution in [0.1, 0.15) is 29.8 Å². The number of aryl methyl sites for hydroxylation is 2. The molecule has 19 heavy (non-hydrogen) atoms. The molecule has 3 nitrogen and oxygen atoms in total. The molecular formula is C13H14F3N3. The van der Waals surface area contributed by atoms with Gasteiger partial charge in [0.05, 0.1) is 16.9 Å². The molecule has 1 aliphatic rings. The van der Waals surface area contributed by atoms with Gasteiger partial charge < -0.3 is 4.90 Å². The van der Waals surface area contributed by atoms with Gasteiger partial charge in [0.15, 0.2) is 0 Å². The standard InChI is InChI=1S/C13H14F3N3/c1-8-5-12(11(6-17)9(2)18-8)19(10-3-4-10)7-13(14,15)16/h5,10H,3-4,7H2,1-2H3. The molecule has 0 unspecified atom stereocenters. The molecule has 1 heterocycles. The van der Waals surface area contributed by atoms with Gasteiger partial charge in [0, 0.05) is 11.7 Å². The van der Waals surface area contributed by atoms with Crippen LogP contribution in [0.15, 0.2) is 6.07 Å². The van der Waals surface area contributed by atoms with Gasteiger partial charge in [-0.15, -0.1) is 0 Å². The van der Waals surface area contributed by atoms with Crippen molar-refractivity contribution < 1.29 is 13.2 Å². The quantitative estimate of drug-likeness (QED) is 0.846. The summed E-state index contributed by atoms with van der Waals surface area (Å²) in [7, 11) is 0. The third-order valence-corrected chi connectivity index (χ3v) is 3.07. The lowest BCUT2D eigenvalue weighted by Crippen LogP contribution is -2.36. The molecule has 1 saturated carbocycles. The number of nitrogens with zero attached hydrogens (tertiary/aromatic N) is 3. The molecular weight excluding hydrogens is 255 g/mol. The second-order valence-electron chi connectivity index (χ2n) is 4.83. The van der Waals surface area contributed by atoms with Crippen LogP contribution >= 0.6 is 0 Å². The van der Waals surface area contributed by atoms with E-state index in [1.807, 2.05) is 6.07 Å². The van der Waals surface area contributed by atoms with Gasteiger partial charge in [0.2, 0.25) is 0 Å². The summed E-state index contributed by atoms with van der Waals surface area (Å²) in [5.74, 6) is 0. The Balaban J connectivity index is 2.45. The largest absolute Gasteiger partial charge is 0.405 e. The number of anilines is 1. The van der Waals surface area contributed by atoms with Crippen LogP contribution in [0.4, 0.5) is 18.9 Å². The van der Waals surface area contributed by atoms with Crippen LogP contribution in [0.3, 0.4) is 0 Å². The summed E-state index contributed by atoms with van der Waals surface area (Å²) >= 11 is 0. The fourth-order valence-corrected chi connectivity index (χ4v) is 2.16. The summed E-state index contributed by atoms with van der Waals surface area (Å²) < 4.78 is 38.0. The van der Waals surface area contributed by atoms with E-state index in [9.17, 15) is 13.2 Å². The van der Waals surface area contributed by atoms with Crippen molar-refractivity contribution in [1.29, 1.82) is 5.26 Å². The highest BCUT2D eigenvalue weighted by Crippen LogP contribution is 2.36. The van der Waals surface area contributed by atoms with E-state index in [0.29, 0.717) is 17.1 Å². The molecule has 0 saturated heterocycles. The van der Waals surface area contributed by atoms with Gasteiger partial charge in [-0.2, -0.15) is 18.4 Å². The molecule has 1 aromatic heterocycles. The van der Waals surface area contributed by atoms with E-state index < -0.39 is 12.7 Å². The summed E-state index contributed by atoms with van der Waals surface area (Å²) in [5, 5.41) is 9.14. The molecule has 0 spiro atoms. The highest BCUT2D eigenvalue weighted by atomic mass is 19.4. The first-order valence-electron chi connectivity index (χ1n) is 6.03. The molecule has 1 aliphatic carbocycles. The van der Waals surface area contributed by atoms with Crippen LogP contribution in [0, 0.1) is 25.2 Å². The molecule has 0 N–H and O–H groups in total. The van der Waals surface area contributed by atoms with E-state index in [2.05, 4.69) is 4.98 Å². The minimum Gasteiger partial charge on any atom is -0.358 e. The van der Waals surface area contributed by atoms with E-state index >= 15 is 0 Å². The van der Waals surface area contributed by atoms with Crippen LogP contribution in [-0.2, 0) is 0 Å². The number of nitriles is 1. The average molecular weight is 269 g/mol. The van der Waals surface area contributed by atoms with Crippen molar-refractivity contribution in [2.45, 2.75) is 38.9 Å². The molecule has 0 amide bonds. The van der Waals surface area contributed by atoms with Gasteiger partial charge in [-0.25, -0.2) is 0 Å². The Hall–Kier alpha value is -1.77. The predicted octanol–water partition coefficient (Wildman–Crippen LogP) is 3.10. The van der Waals surface area contributed by atoms with Crippen molar-refractivity contribution >= 4 is 5.69 Å². The van der Waals surface area contributed by atoms with Crippen LogP contribution in [0.25, 0.3) is 0 Å². The lowest BCUT2D eigenvalue weighted by molar-refractivity contribution is -0.120. The zero-order valence-corrected chi connectivity index (χ0v) is 10.8. The molecule has 0 atom stereocenters. The van der Waals surface area contributed by atoms with Gasteiger partial charge in [0.25, 0.3) is 0 Å². The number of hydrogen-bond donors (Lipinski definition) is 0. The van der Waals surface area contributed by atoms with E-state index in [4.69, 9.17) is 5.26 Å². The van der Waals surface area contributed by atoms with E-state index in [0.717, 1.165) is 12.8 Å². The molecule has 2 rings (SSSR count). The first-order valence-corrected chi connectivity index (χ1v) is 6.03. The van der Waals surface area contributed by atoms with Gasteiger partial charge in [-0.05, 0) is 32.8 Å². The van der Waals surface area contributed by atoms with Crippen LogP contribution < -0.4 is 4.90 Å². The third kappa shape index (κ3) is 3.16. The van der Waals surface area contributed by atoms with Crippen molar-refractivity contribution in [3.05, 3.63) is 23.0 Å². The van der Waals surface area contributed by atoms with Gasteiger partial charge in [0.1, 0.15) is 12.6 Å². The van der Waals surface area contributed by atoms with Crippen molar-refractivity contribution in [3.63, 3.8) is 0 Å². The van der Waals surface area contributed by atoms with Crippen molar-refractivity contribution in [2.75, 3.05) is 11.4 Å². The van der Waals surface area contributed by atoms with E-state index in [1.54, 1.807) is 19.9 Å². The molecule has 1 fully saturated rings. The summed E-state index contributed by atoms with van der Waals surface area (Å²) in [5.41, 5.74) is 1.69. The summed E-state index contributed by atoms with van der Waals surface area (Å²) in [6, 6.07) is 3.42.